The maximum absolute atomic E-state index is 11.0. The van der Waals surface area contributed by atoms with Crippen molar-refractivity contribution in [2.75, 3.05) is 0 Å². The van der Waals surface area contributed by atoms with Crippen molar-refractivity contribution < 1.29 is 14.4 Å². The number of non-ortho nitro benzene ring substituents is 1. The Bertz CT molecular complexity index is 895. The smallest absolute Gasteiger partial charge is 0.277 e. The first-order valence-electron chi connectivity index (χ1n) is 8.05. The molecule has 0 saturated heterocycles. The SMILES string of the molecule is CCC(Sc1nnc(-c2ccc(CO)cc2)o1)c1cccc([N+](=O)[O-])c1. The quantitative estimate of drug-likeness (QED) is 0.373. The molecule has 1 atom stereocenters. The van der Waals surface area contributed by atoms with E-state index in [2.05, 4.69) is 10.2 Å². The highest BCUT2D eigenvalue weighted by Crippen LogP contribution is 2.38. The van der Waals surface area contributed by atoms with E-state index in [0.717, 1.165) is 23.1 Å². The van der Waals surface area contributed by atoms with Gasteiger partial charge in [0.1, 0.15) is 0 Å². The van der Waals surface area contributed by atoms with E-state index >= 15 is 0 Å². The van der Waals surface area contributed by atoms with E-state index in [4.69, 9.17) is 9.52 Å². The van der Waals surface area contributed by atoms with Gasteiger partial charge in [-0.25, -0.2) is 0 Å². The number of aromatic nitrogens is 2. The lowest BCUT2D eigenvalue weighted by molar-refractivity contribution is -0.384. The number of hydrogen-bond donors (Lipinski definition) is 1. The fourth-order valence-corrected chi connectivity index (χ4v) is 3.38. The van der Waals surface area contributed by atoms with Crippen LogP contribution in [0.15, 0.2) is 58.2 Å². The van der Waals surface area contributed by atoms with Gasteiger partial charge in [-0.15, -0.1) is 10.2 Å². The Kier molecular flexibility index (Phi) is 5.65. The maximum atomic E-state index is 11.0. The molecule has 7 nitrogen and oxygen atoms in total. The summed E-state index contributed by atoms with van der Waals surface area (Å²) < 4.78 is 5.72. The Morgan fingerprint density at radius 2 is 2.00 bits per heavy atom. The number of nitrogens with zero attached hydrogens (tertiary/aromatic N) is 3. The zero-order valence-corrected chi connectivity index (χ0v) is 14.8. The van der Waals surface area contributed by atoms with Gasteiger partial charge in [-0.3, -0.25) is 10.1 Å². The van der Waals surface area contributed by atoms with Crippen molar-refractivity contribution in [1.82, 2.24) is 10.2 Å². The number of thioether (sulfide) groups is 1. The first-order valence-corrected chi connectivity index (χ1v) is 8.93. The molecule has 2 aromatic carbocycles. The number of hydrogen-bond acceptors (Lipinski definition) is 7. The monoisotopic (exact) mass is 371 g/mol. The molecule has 134 valence electrons. The number of aliphatic hydroxyl groups is 1. The van der Waals surface area contributed by atoms with Gasteiger partial charge in [0.05, 0.1) is 11.5 Å². The Balaban J connectivity index is 1.78. The molecule has 0 aliphatic rings. The van der Waals surface area contributed by atoms with Crippen LogP contribution >= 0.6 is 11.8 Å². The average Bonchev–Trinajstić information content (AvgIpc) is 3.15. The number of benzene rings is 2. The fraction of sp³-hybridized carbons (Fsp3) is 0.222. The topological polar surface area (TPSA) is 102 Å². The summed E-state index contributed by atoms with van der Waals surface area (Å²) >= 11 is 1.38. The Hall–Kier alpha value is -2.71. The molecule has 0 radical (unpaired) electrons. The van der Waals surface area contributed by atoms with Crippen molar-refractivity contribution in [3.63, 3.8) is 0 Å². The zero-order valence-electron chi connectivity index (χ0n) is 14.0. The van der Waals surface area contributed by atoms with Gasteiger partial charge in [-0.1, -0.05) is 43.0 Å². The van der Waals surface area contributed by atoms with E-state index in [1.54, 1.807) is 24.3 Å². The van der Waals surface area contributed by atoms with E-state index in [1.165, 1.54) is 17.8 Å². The molecule has 1 heterocycles. The van der Waals surface area contributed by atoms with Gasteiger partial charge in [-0.2, -0.15) is 0 Å². The third-order valence-corrected chi connectivity index (χ3v) is 5.11. The number of nitro benzene ring substituents is 1. The highest BCUT2D eigenvalue weighted by atomic mass is 32.2. The third kappa shape index (κ3) is 4.09. The van der Waals surface area contributed by atoms with Gasteiger partial charge in [0.25, 0.3) is 10.9 Å². The van der Waals surface area contributed by atoms with Gasteiger partial charge in [-0.05, 0) is 29.7 Å². The standard InChI is InChI=1S/C18H17N3O4S/c1-2-16(14-4-3-5-15(10-14)21(23)24)26-18-20-19-17(25-18)13-8-6-12(11-22)7-9-13/h3-10,16,22H,2,11H2,1H3. The Morgan fingerprint density at radius 1 is 1.23 bits per heavy atom. The molecular formula is C18H17N3O4S. The molecule has 0 aliphatic carbocycles. The molecule has 0 spiro atoms. The normalized spacial score (nSPS) is 12.1. The van der Waals surface area contributed by atoms with Gasteiger partial charge in [0.2, 0.25) is 5.89 Å². The first kappa shape index (κ1) is 18.1. The van der Waals surface area contributed by atoms with Crippen molar-refractivity contribution >= 4 is 17.4 Å². The van der Waals surface area contributed by atoms with Gasteiger partial charge in [0, 0.05) is 22.9 Å². The second kappa shape index (κ2) is 8.11. The Morgan fingerprint density at radius 3 is 2.65 bits per heavy atom. The van der Waals surface area contributed by atoms with E-state index in [-0.39, 0.29) is 17.5 Å². The van der Waals surface area contributed by atoms with Gasteiger partial charge >= 0.3 is 0 Å². The lowest BCUT2D eigenvalue weighted by Crippen LogP contribution is -1.95. The van der Waals surface area contributed by atoms with Crippen LogP contribution in [0.4, 0.5) is 5.69 Å². The minimum Gasteiger partial charge on any atom is -0.411 e. The van der Waals surface area contributed by atoms with Crippen LogP contribution in [0, 0.1) is 10.1 Å². The van der Waals surface area contributed by atoms with Gasteiger partial charge in [0.15, 0.2) is 0 Å². The summed E-state index contributed by atoms with van der Waals surface area (Å²) in [5.74, 6) is 0.394. The summed E-state index contributed by atoms with van der Waals surface area (Å²) in [7, 11) is 0. The average molecular weight is 371 g/mol. The number of rotatable bonds is 7. The minimum atomic E-state index is -0.401. The predicted molar refractivity (Wildman–Crippen MR) is 97.6 cm³/mol. The van der Waals surface area contributed by atoms with Crippen molar-refractivity contribution in [1.29, 1.82) is 0 Å². The van der Waals surface area contributed by atoms with Crippen LogP contribution in [0.5, 0.6) is 0 Å². The van der Waals surface area contributed by atoms with Crippen molar-refractivity contribution in [3.05, 3.63) is 69.8 Å². The summed E-state index contributed by atoms with van der Waals surface area (Å²) in [6, 6.07) is 13.8. The van der Waals surface area contributed by atoms with Crippen LogP contribution in [0.1, 0.15) is 29.7 Å². The fourth-order valence-electron chi connectivity index (χ4n) is 2.47. The van der Waals surface area contributed by atoms with Crippen LogP contribution in [-0.4, -0.2) is 20.2 Å². The van der Waals surface area contributed by atoms with Crippen LogP contribution in [0.2, 0.25) is 0 Å². The highest BCUT2D eigenvalue weighted by Gasteiger charge is 2.18. The third-order valence-electron chi connectivity index (χ3n) is 3.86. The molecule has 0 fully saturated rings. The summed E-state index contributed by atoms with van der Waals surface area (Å²) in [6.45, 7) is 1.98. The second-order valence-corrected chi connectivity index (χ2v) is 6.75. The molecule has 0 saturated carbocycles. The van der Waals surface area contributed by atoms with E-state index in [0.29, 0.717) is 11.1 Å². The first-order chi connectivity index (χ1) is 12.6. The molecule has 3 rings (SSSR count). The van der Waals surface area contributed by atoms with Crippen LogP contribution in [-0.2, 0) is 6.61 Å². The number of aliphatic hydroxyl groups excluding tert-OH is 1. The highest BCUT2D eigenvalue weighted by molar-refractivity contribution is 7.99. The maximum Gasteiger partial charge on any atom is 0.277 e. The molecule has 1 unspecified atom stereocenters. The predicted octanol–water partition coefficient (Wildman–Crippen LogP) is 4.38. The zero-order chi connectivity index (χ0) is 18.5. The van der Waals surface area contributed by atoms with Crippen LogP contribution in [0.3, 0.4) is 0 Å². The summed E-state index contributed by atoms with van der Waals surface area (Å²) in [5, 5.41) is 28.6. The minimum absolute atomic E-state index is 0.0212. The summed E-state index contributed by atoms with van der Waals surface area (Å²) in [6.07, 6.45) is 0.759. The lowest BCUT2D eigenvalue weighted by Gasteiger charge is -2.11. The molecule has 0 bridgehead atoms. The number of nitro groups is 1. The molecule has 1 N–H and O–H groups in total. The molecule has 26 heavy (non-hydrogen) atoms. The largest absolute Gasteiger partial charge is 0.411 e. The van der Waals surface area contributed by atoms with E-state index < -0.39 is 4.92 Å². The van der Waals surface area contributed by atoms with Crippen LogP contribution < -0.4 is 0 Å². The molecular weight excluding hydrogens is 354 g/mol. The lowest BCUT2D eigenvalue weighted by atomic mass is 10.1. The molecule has 1 aromatic heterocycles. The van der Waals surface area contributed by atoms with E-state index in [9.17, 15) is 10.1 Å². The molecule has 0 amide bonds. The van der Waals surface area contributed by atoms with Crippen molar-refractivity contribution in [2.24, 2.45) is 0 Å². The van der Waals surface area contributed by atoms with Crippen molar-refractivity contribution in [3.8, 4) is 11.5 Å². The van der Waals surface area contributed by atoms with Gasteiger partial charge < -0.3 is 9.52 Å². The molecule has 3 aromatic rings. The molecule has 8 heteroatoms. The second-order valence-electron chi connectivity index (χ2n) is 5.59. The van der Waals surface area contributed by atoms with Crippen LogP contribution in [0.25, 0.3) is 11.5 Å². The van der Waals surface area contributed by atoms with Crippen molar-refractivity contribution in [2.45, 2.75) is 30.4 Å². The van der Waals surface area contributed by atoms with E-state index in [1.807, 2.05) is 25.1 Å². The molecule has 0 aliphatic heterocycles. The summed E-state index contributed by atoms with van der Waals surface area (Å²) in [5.41, 5.74) is 2.49. The summed E-state index contributed by atoms with van der Waals surface area (Å²) in [4.78, 5) is 10.6. The Labute approximate surface area is 154 Å².